The van der Waals surface area contributed by atoms with Crippen LogP contribution >= 0.6 is 34.8 Å². The van der Waals surface area contributed by atoms with E-state index in [1.54, 1.807) is 20.8 Å². The van der Waals surface area contributed by atoms with Crippen molar-refractivity contribution in [2.75, 3.05) is 6.61 Å². The number of esters is 1. The SMILES string of the molecule is CC1=CC23C(=O)C(C=C4COC(C)(C)OC4C2(O)C1OC(=O)c1c(Cl)cc(Cl)cc1Cl)C1C(CC3C)C1(C)C. The normalized spacial score (nSPS) is 41.2. The van der Waals surface area contributed by atoms with Crippen molar-refractivity contribution in [3.05, 3.63) is 56.1 Å². The third kappa shape index (κ3) is 3.65. The van der Waals surface area contributed by atoms with Crippen LogP contribution in [0.4, 0.5) is 0 Å². The second-order valence-electron chi connectivity index (χ2n) is 13.0. The maximum atomic E-state index is 14.7. The Bertz CT molecular complexity index is 1340. The number of carbonyl (C=O) groups excluding carboxylic acids is 2. The van der Waals surface area contributed by atoms with Crippen LogP contribution < -0.4 is 0 Å². The molecule has 8 unspecified atom stereocenters. The van der Waals surface area contributed by atoms with Crippen LogP contribution in [0.5, 0.6) is 0 Å². The minimum atomic E-state index is -1.92. The van der Waals surface area contributed by atoms with E-state index in [0.717, 1.165) is 6.42 Å². The number of hydrogen-bond donors (Lipinski definition) is 1. The number of allylic oxidation sites excluding steroid dienone is 1. The molecule has 9 heteroatoms. The van der Waals surface area contributed by atoms with Gasteiger partial charge in [-0.1, -0.05) is 67.7 Å². The summed E-state index contributed by atoms with van der Waals surface area (Å²) in [5.74, 6) is -2.07. The monoisotopic (exact) mass is 594 g/mol. The predicted molar refractivity (Wildman–Crippen MR) is 148 cm³/mol. The molecular weight excluding hydrogens is 563 g/mol. The molecule has 1 spiro atoms. The molecule has 5 aliphatic rings. The van der Waals surface area contributed by atoms with Gasteiger partial charge in [-0.2, -0.15) is 0 Å². The summed E-state index contributed by atoms with van der Waals surface area (Å²) in [6.45, 7) is 12.0. The summed E-state index contributed by atoms with van der Waals surface area (Å²) in [7, 11) is 0. The third-order valence-electron chi connectivity index (χ3n) is 10.1. The second-order valence-corrected chi connectivity index (χ2v) is 14.3. The zero-order valence-electron chi connectivity index (χ0n) is 22.8. The van der Waals surface area contributed by atoms with Crippen LogP contribution in [0.2, 0.25) is 15.1 Å². The molecule has 0 aromatic heterocycles. The molecule has 1 aromatic rings. The van der Waals surface area contributed by atoms with Crippen LogP contribution in [0, 0.1) is 34.5 Å². The number of carbonyl (C=O) groups is 2. The van der Waals surface area contributed by atoms with Crippen LogP contribution in [0.15, 0.2) is 35.4 Å². The Morgan fingerprint density at radius 1 is 1.13 bits per heavy atom. The van der Waals surface area contributed by atoms with Crippen LogP contribution in [0.25, 0.3) is 0 Å². The molecule has 210 valence electrons. The Labute approximate surface area is 243 Å². The van der Waals surface area contributed by atoms with Gasteiger partial charge in [0, 0.05) is 10.9 Å². The smallest absolute Gasteiger partial charge is 0.341 e. The number of rotatable bonds is 2. The summed E-state index contributed by atoms with van der Waals surface area (Å²) in [6, 6.07) is 2.82. The first-order chi connectivity index (χ1) is 18.1. The summed E-state index contributed by atoms with van der Waals surface area (Å²) in [6.07, 6.45) is 2.44. The maximum Gasteiger partial charge on any atom is 0.341 e. The predicted octanol–water partition coefficient (Wildman–Crippen LogP) is 6.44. The van der Waals surface area contributed by atoms with Crippen LogP contribution in [-0.4, -0.2) is 47.1 Å². The number of ketones is 1. The number of ether oxygens (including phenoxy) is 3. The lowest BCUT2D eigenvalue weighted by Crippen LogP contribution is -2.68. The lowest BCUT2D eigenvalue weighted by molar-refractivity contribution is -0.302. The van der Waals surface area contributed by atoms with Gasteiger partial charge in [-0.25, -0.2) is 4.79 Å². The molecule has 2 saturated carbocycles. The van der Waals surface area contributed by atoms with Crippen LogP contribution in [-0.2, 0) is 19.0 Å². The first-order valence-electron chi connectivity index (χ1n) is 13.4. The highest BCUT2D eigenvalue weighted by Gasteiger charge is 2.77. The molecule has 6 rings (SSSR count). The van der Waals surface area contributed by atoms with E-state index in [2.05, 4.69) is 13.8 Å². The fourth-order valence-electron chi connectivity index (χ4n) is 8.20. The van der Waals surface area contributed by atoms with Gasteiger partial charge in [0.2, 0.25) is 0 Å². The van der Waals surface area contributed by atoms with E-state index in [0.29, 0.717) is 17.1 Å². The Morgan fingerprint density at radius 3 is 2.41 bits per heavy atom. The standard InChI is InChI=1S/C30H33Cl3O6/c1-13-11-29-14(2)7-18-22(27(18,3)4)17(23(29)34)8-15-12-37-28(5,6)39-25(15)30(29,36)24(13)38-26(35)21-19(32)9-16(31)10-20(21)33/h8-11,14,17-18,22,24-25,36H,7,12H2,1-6H3. The zero-order chi connectivity index (χ0) is 28.4. The Kier molecular flexibility index (Phi) is 6.09. The summed E-state index contributed by atoms with van der Waals surface area (Å²) < 4.78 is 18.5. The zero-order valence-corrected chi connectivity index (χ0v) is 25.1. The lowest BCUT2D eigenvalue weighted by atomic mass is 9.59. The van der Waals surface area contributed by atoms with Crippen LogP contribution in [0.1, 0.15) is 58.3 Å². The molecule has 0 radical (unpaired) electrons. The van der Waals surface area contributed by atoms with Gasteiger partial charge in [0.05, 0.1) is 27.6 Å². The van der Waals surface area contributed by atoms with Gasteiger partial charge in [0.15, 0.2) is 23.3 Å². The molecule has 4 aliphatic carbocycles. The van der Waals surface area contributed by atoms with Crippen molar-refractivity contribution >= 4 is 46.6 Å². The Hall–Kier alpha value is -1.41. The number of benzene rings is 1. The van der Waals surface area contributed by atoms with Gasteiger partial charge in [-0.15, -0.1) is 0 Å². The average Bonchev–Trinajstić information content (AvgIpc) is 3.31. The molecule has 0 amide bonds. The van der Waals surface area contributed by atoms with Crippen molar-refractivity contribution in [3.8, 4) is 0 Å². The van der Waals surface area contributed by atoms with Gasteiger partial charge >= 0.3 is 5.97 Å². The molecule has 6 nitrogen and oxygen atoms in total. The number of aliphatic hydroxyl groups is 1. The summed E-state index contributed by atoms with van der Waals surface area (Å²) in [5, 5.41) is 13.4. The number of halogens is 3. The topological polar surface area (TPSA) is 82.1 Å². The summed E-state index contributed by atoms with van der Waals surface area (Å²) in [5.41, 5.74) is -2.03. The molecule has 1 aromatic carbocycles. The molecule has 3 fully saturated rings. The van der Waals surface area contributed by atoms with E-state index >= 15 is 0 Å². The van der Waals surface area contributed by atoms with Crippen molar-refractivity contribution in [1.82, 2.24) is 0 Å². The largest absolute Gasteiger partial charge is 0.451 e. The van der Waals surface area contributed by atoms with E-state index in [1.807, 2.05) is 19.1 Å². The molecule has 1 saturated heterocycles. The Morgan fingerprint density at radius 2 is 1.77 bits per heavy atom. The van der Waals surface area contributed by atoms with E-state index in [9.17, 15) is 14.7 Å². The third-order valence-corrected chi connectivity index (χ3v) is 10.9. The minimum absolute atomic E-state index is 0.00612. The van der Waals surface area contributed by atoms with Gasteiger partial charge < -0.3 is 19.3 Å². The van der Waals surface area contributed by atoms with E-state index in [4.69, 9.17) is 49.0 Å². The molecule has 1 N–H and O–H groups in total. The van der Waals surface area contributed by atoms with Crippen molar-refractivity contribution in [2.45, 2.75) is 71.6 Å². The first-order valence-corrected chi connectivity index (χ1v) is 14.5. The highest BCUT2D eigenvalue weighted by Crippen LogP contribution is 2.72. The second kappa shape index (κ2) is 8.56. The van der Waals surface area contributed by atoms with E-state index < -0.39 is 40.9 Å². The van der Waals surface area contributed by atoms with Crippen molar-refractivity contribution in [2.24, 2.45) is 34.5 Å². The molecule has 2 bridgehead atoms. The number of Topliss-reactive ketones (excluding diaryl/α,β-unsaturated/α-hetero) is 1. The highest BCUT2D eigenvalue weighted by atomic mass is 35.5. The molecular formula is C30H33Cl3O6. The van der Waals surface area contributed by atoms with E-state index in [-0.39, 0.29) is 50.3 Å². The quantitative estimate of drug-likeness (QED) is 0.313. The first kappa shape index (κ1) is 27.7. The van der Waals surface area contributed by atoms with Crippen molar-refractivity contribution in [3.63, 3.8) is 0 Å². The fraction of sp³-hybridized carbons (Fsp3) is 0.600. The maximum absolute atomic E-state index is 14.7. The van der Waals surface area contributed by atoms with Crippen LogP contribution in [0.3, 0.4) is 0 Å². The highest BCUT2D eigenvalue weighted by molar-refractivity contribution is 6.41. The average molecular weight is 596 g/mol. The van der Waals surface area contributed by atoms with Gasteiger partial charge in [0.25, 0.3) is 0 Å². The molecule has 1 heterocycles. The van der Waals surface area contributed by atoms with Gasteiger partial charge in [0.1, 0.15) is 6.10 Å². The minimum Gasteiger partial charge on any atom is -0.451 e. The lowest BCUT2D eigenvalue weighted by Gasteiger charge is -2.52. The van der Waals surface area contributed by atoms with Gasteiger partial charge in [-0.3, -0.25) is 4.79 Å². The van der Waals surface area contributed by atoms with Crippen molar-refractivity contribution < 1.29 is 28.9 Å². The van der Waals surface area contributed by atoms with Gasteiger partial charge in [-0.05, 0) is 73.6 Å². The van der Waals surface area contributed by atoms with Crippen molar-refractivity contribution in [1.29, 1.82) is 0 Å². The summed E-state index contributed by atoms with van der Waals surface area (Å²) >= 11 is 18.7. The Balaban J connectivity index is 1.52. The van der Waals surface area contributed by atoms with E-state index in [1.165, 1.54) is 12.1 Å². The summed E-state index contributed by atoms with van der Waals surface area (Å²) in [4.78, 5) is 28.3. The number of hydrogen-bond acceptors (Lipinski definition) is 6. The number of fused-ring (bicyclic) bond motifs is 5. The molecule has 39 heavy (non-hydrogen) atoms. The molecule has 8 atom stereocenters. The fourth-order valence-corrected chi connectivity index (χ4v) is 9.17. The molecule has 1 aliphatic heterocycles.